The van der Waals surface area contributed by atoms with Gasteiger partial charge < -0.3 is 19.5 Å². The van der Waals surface area contributed by atoms with Crippen LogP contribution in [0.1, 0.15) is 34.5 Å². The second-order valence-electron chi connectivity index (χ2n) is 8.97. The smallest absolute Gasteiger partial charge is 0.232 e. The number of ketones is 1. The summed E-state index contributed by atoms with van der Waals surface area (Å²) < 4.78 is 18.2. The number of aromatic nitrogens is 2. The molecule has 6 rings (SSSR count). The van der Waals surface area contributed by atoms with Gasteiger partial charge in [0.25, 0.3) is 0 Å². The SMILES string of the molecule is O=C1C(=Cc2n[nH]c3ccccc23)Oc2c1ccc(OC1CCOCC1)c2CN1CCNCC1. The lowest BCUT2D eigenvalue weighted by Gasteiger charge is -2.30. The van der Waals surface area contributed by atoms with E-state index < -0.39 is 0 Å². The highest BCUT2D eigenvalue weighted by molar-refractivity contribution is 6.15. The first-order valence-corrected chi connectivity index (χ1v) is 12.0. The molecule has 4 heterocycles. The fraction of sp³-hybridized carbons (Fsp3) is 0.385. The zero-order valence-corrected chi connectivity index (χ0v) is 19.0. The number of nitrogens with zero attached hydrogens (tertiary/aromatic N) is 2. The van der Waals surface area contributed by atoms with Crippen LogP contribution < -0.4 is 14.8 Å². The van der Waals surface area contributed by atoms with Crippen molar-refractivity contribution >= 4 is 22.8 Å². The number of para-hydroxylation sites is 1. The van der Waals surface area contributed by atoms with Gasteiger partial charge in [0.1, 0.15) is 17.6 Å². The monoisotopic (exact) mass is 460 g/mol. The largest absolute Gasteiger partial charge is 0.490 e. The Hall–Kier alpha value is -3.20. The van der Waals surface area contributed by atoms with Crippen molar-refractivity contribution in [2.24, 2.45) is 0 Å². The first kappa shape index (κ1) is 21.3. The summed E-state index contributed by atoms with van der Waals surface area (Å²) >= 11 is 0. The molecule has 0 unspecified atom stereocenters. The summed E-state index contributed by atoms with van der Waals surface area (Å²) in [7, 11) is 0. The van der Waals surface area contributed by atoms with Crippen LogP contribution in [-0.4, -0.2) is 66.4 Å². The summed E-state index contributed by atoms with van der Waals surface area (Å²) in [6.07, 6.45) is 3.56. The zero-order valence-electron chi connectivity index (χ0n) is 19.0. The summed E-state index contributed by atoms with van der Waals surface area (Å²) in [6.45, 7) is 5.87. The van der Waals surface area contributed by atoms with Crippen molar-refractivity contribution in [1.29, 1.82) is 0 Å². The Bertz CT molecular complexity index is 1240. The van der Waals surface area contributed by atoms with E-state index in [1.807, 2.05) is 36.4 Å². The van der Waals surface area contributed by atoms with Gasteiger partial charge in [-0.2, -0.15) is 5.10 Å². The number of rotatable bonds is 5. The van der Waals surface area contributed by atoms with Gasteiger partial charge in [0.15, 0.2) is 5.76 Å². The van der Waals surface area contributed by atoms with Crippen molar-refractivity contribution in [3.8, 4) is 11.5 Å². The third-order valence-electron chi connectivity index (χ3n) is 6.72. The van der Waals surface area contributed by atoms with E-state index in [4.69, 9.17) is 14.2 Å². The van der Waals surface area contributed by atoms with E-state index in [9.17, 15) is 4.79 Å². The van der Waals surface area contributed by atoms with Gasteiger partial charge >= 0.3 is 0 Å². The van der Waals surface area contributed by atoms with Gasteiger partial charge in [0, 0.05) is 57.0 Å². The fourth-order valence-electron chi connectivity index (χ4n) is 4.83. The number of carbonyl (C=O) groups is 1. The van der Waals surface area contributed by atoms with Gasteiger partial charge in [-0.1, -0.05) is 18.2 Å². The quantitative estimate of drug-likeness (QED) is 0.566. The number of nitrogens with one attached hydrogen (secondary N) is 2. The number of hydrogen-bond acceptors (Lipinski definition) is 7. The normalized spacial score (nSPS) is 20.6. The Balaban J connectivity index is 1.35. The number of piperazine rings is 1. The highest BCUT2D eigenvalue weighted by Gasteiger charge is 2.33. The molecule has 3 aliphatic rings. The molecule has 3 aromatic rings. The minimum atomic E-state index is -0.124. The molecule has 0 atom stereocenters. The van der Waals surface area contributed by atoms with E-state index in [0.29, 0.717) is 36.8 Å². The minimum absolute atomic E-state index is 0.108. The number of carbonyl (C=O) groups excluding carboxylic acids is 1. The van der Waals surface area contributed by atoms with Gasteiger partial charge in [-0.3, -0.25) is 14.8 Å². The van der Waals surface area contributed by atoms with Crippen LogP contribution in [-0.2, 0) is 11.3 Å². The fourth-order valence-corrected chi connectivity index (χ4v) is 4.83. The average molecular weight is 461 g/mol. The number of allylic oxidation sites excluding steroid dienone is 1. The molecule has 3 aliphatic heterocycles. The van der Waals surface area contributed by atoms with E-state index in [0.717, 1.165) is 61.2 Å². The Morgan fingerprint density at radius 2 is 1.94 bits per heavy atom. The highest BCUT2D eigenvalue weighted by atomic mass is 16.5. The van der Waals surface area contributed by atoms with E-state index in [1.54, 1.807) is 6.08 Å². The maximum absolute atomic E-state index is 13.3. The molecule has 0 amide bonds. The maximum Gasteiger partial charge on any atom is 0.232 e. The first-order chi connectivity index (χ1) is 16.8. The Morgan fingerprint density at radius 3 is 2.79 bits per heavy atom. The molecule has 0 saturated carbocycles. The predicted molar refractivity (Wildman–Crippen MR) is 128 cm³/mol. The lowest BCUT2D eigenvalue weighted by Crippen LogP contribution is -2.43. The van der Waals surface area contributed by atoms with Crippen LogP contribution in [0.4, 0.5) is 0 Å². The molecular formula is C26H28N4O4. The molecular weight excluding hydrogens is 432 g/mol. The standard InChI is InChI=1S/C26H28N4O4/c31-25-19-5-6-23(33-17-7-13-32-14-8-17)20(16-30-11-9-27-10-12-30)26(19)34-24(25)15-22-18-3-1-2-4-21(18)28-29-22/h1-6,15,17,27H,7-14,16H2,(H,28,29). The molecule has 34 heavy (non-hydrogen) atoms. The predicted octanol–water partition coefficient (Wildman–Crippen LogP) is 3.14. The second-order valence-corrected chi connectivity index (χ2v) is 8.97. The number of Topliss-reactive ketones (excluding diaryl/α,β-unsaturated/α-hetero) is 1. The van der Waals surface area contributed by atoms with Crippen LogP contribution in [0.2, 0.25) is 0 Å². The van der Waals surface area contributed by atoms with Gasteiger partial charge in [0.05, 0.1) is 35.6 Å². The molecule has 2 aromatic carbocycles. The summed E-state index contributed by atoms with van der Waals surface area (Å²) in [5.74, 6) is 1.57. The number of benzene rings is 2. The molecule has 2 saturated heterocycles. The molecule has 0 aliphatic carbocycles. The van der Waals surface area contributed by atoms with Crippen molar-refractivity contribution < 1.29 is 19.0 Å². The third-order valence-corrected chi connectivity index (χ3v) is 6.72. The third kappa shape index (κ3) is 4.09. The van der Waals surface area contributed by atoms with Crippen LogP contribution in [0.3, 0.4) is 0 Å². The Kier molecular flexibility index (Phi) is 5.78. The molecule has 0 bridgehead atoms. The number of H-pyrrole nitrogens is 1. The van der Waals surface area contributed by atoms with Gasteiger partial charge in [-0.05, 0) is 18.2 Å². The summed E-state index contributed by atoms with van der Waals surface area (Å²) in [5, 5.41) is 11.7. The van der Waals surface area contributed by atoms with E-state index in [-0.39, 0.29) is 17.6 Å². The molecule has 2 N–H and O–H groups in total. The highest BCUT2D eigenvalue weighted by Crippen LogP contribution is 2.41. The van der Waals surface area contributed by atoms with Gasteiger partial charge in [-0.25, -0.2) is 0 Å². The summed E-state index contributed by atoms with van der Waals surface area (Å²) in [5.41, 5.74) is 3.13. The van der Waals surface area contributed by atoms with Gasteiger partial charge in [-0.15, -0.1) is 0 Å². The molecule has 176 valence electrons. The van der Waals surface area contributed by atoms with E-state index in [2.05, 4.69) is 20.4 Å². The van der Waals surface area contributed by atoms with Crippen molar-refractivity contribution in [2.45, 2.75) is 25.5 Å². The van der Waals surface area contributed by atoms with E-state index in [1.165, 1.54) is 0 Å². The van der Waals surface area contributed by atoms with Crippen LogP contribution in [0.5, 0.6) is 11.5 Å². The molecule has 0 spiro atoms. The molecule has 0 radical (unpaired) electrons. The van der Waals surface area contributed by atoms with E-state index >= 15 is 0 Å². The van der Waals surface area contributed by atoms with Crippen LogP contribution >= 0.6 is 0 Å². The van der Waals surface area contributed by atoms with Crippen molar-refractivity contribution in [2.75, 3.05) is 39.4 Å². The van der Waals surface area contributed by atoms with Crippen LogP contribution in [0, 0.1) is 0 Å². The lowest BCUT2D eigenvalue weighted by atomic mass is 10.0. The molecule has 8 heteroatoms. The minimum Gasteiger partial charge on any atom is -0.490 e. The number of fused-ring (bicyclic) bond motifs is 2. The number of hydrogen-bond donors (Lipinski definition) is 2. The Labute approximate surface area is 197 Å². The van der Waals surface area contributed by atoms with Crippen molar-refractivity contribution in [3.63, 3.8) is 0 Å². The van der Waals surface area contributed by atoms with Crippen LogP contribution in [0.25, 0.3) is 17.0 Å². The van der Waals surface area contributed by atoms with Crippen LogP contribution in [0.15, 0.2) is 42.2 Å². The Morgan fingerprint density at radius 1 is 1.12 bits per heavy atom. The summed E-state index contributed by atoms with van der Waals surface area (Å²) in [4.78, 5) is 15.7. The lowest BCUT2D eigenvalue weighted by molar-refractivity contribution is 0.0248. The average Bonchev–Trinajstić information content (AvgIpc) is 3.43. The number of aromatic amines is 1. The summed E-state index contributed by atoms with van der Waals surface area (Å²) in [6, 6.07) is 11.6. The first-order valence-electron chi connectivity index (χ1n) is 12.0. The second kappa shape index (κ2) is 9.21. The topological polar surface area (TPSA) is 88.7 Å². The zero-order chi connectivity index (χ0) is 22.9. The number of ether oxygens (including phenoxy) is 3. The maximum atomic E-state index is 13.3. The van der Waals surface area contributed by atoms with Crippen molar-refractivity contribution in [1.82, 2.24) is 20.4 Å². The molecule has 8 nitrogen and oxygen atoms in total. The molecule has 1 aromatic heterocycles. The molecule has 2 fully saturated rings. The van der Waals surface area contributed by atoms with Crippen molar-refractivity contribution in [3.05, 3.63) is 59.0 Å². The van der Waals surface area contributed by atoms with Gasteiger partial charge in [0.2, 0.25) is 5.78 Å².